The first kappa shape index (κ1) is 12.2. The van der Waals surface area contributed by atoms with Gasteiger partial charge in [-0.3, -0.25) is 0 Å². The van der Waals surface area contributed by atoms with Gasteiger partial charge in [-0.15, -0.1) is 21.5 Å². The minimum absolute atomic E-state index is 0.609. The number of nitrogens with zero attached hydrogens (tertiary/aromatic N) is 4. The zero-order chi connectivity index (χ0) is 13.5. The average molecular weight is 323 g/mol. The molecule has 0 unspecified atom stereocenters. The number of halogens is 1. The summed E-state index contributed by atoms with van der Waals surface area (Å²) in [6.45, 7) is 0. The van der Waals surface area contributed by atoms with E-state index in [9.17, 15) is 0 Å². The Kier molecular flexibility index (Phi) is 2.90. The van der Waals surface area contributed by atoms with Crippen molar-refractivity contribution in [2.24, 2.45) is 5.10 Å². The second kappa shape index (κ2) is 4.76. The molecule has 3 aromatic heterocycles. The van der Waals surface area contributed by atoms with Crippen LogP contribution in [0.15, 0.2) is 45.2 Å². The molecule has 4 heterocycles. The number of aromatic nitrogens is 3. The molecule has 0 amide bonds. The van der Waals surface area contributed by atoms with Crippen molar-refractivity contribution < 1.29 is 4.42 Å². The summed E-state index contributed by atoms with van der Waals surface area (Å²) >= 11 is 9.10. The summed E-state index contributed by atoms with van der Waals surface area (Å²) in [5.41, 5.74) is 0.965. The molecule has 1 aliphatic heterocycles. The molecule has 0 radical (unpaired) electrons. The standard InChI is InChI=1S/C12H7ClN4OS2/c13-10-4-3-9(20-10)7-6-19-12-15-14-11(17(12)16-7)8-2-1-5-18-8/h1-5H,6H2. The monoisotopic (exact) mass is 322 g/mol. The van der Waals surface area contributed by atoms with Gasteiger partial charge in [0.1, 0.15) is 0 Å². The van der Waals surface area contributed by atoms with E-state index >= 15 is 0 Å². The number of fused-ring (bicyclic) bond motifs is 1. The fourth-order valence-corrected chi connectivity index (χ4v) is 3.82. The van der Waals surface area contributed by atoms with Crippen molar-refractivity contribution >= 4 is 40.4 Å². The van der Waals surface area contributed by atoms with Crippen LogP contribution < -0.4 is 0 Å². The normalized spacial score (nSPS) is 14.2. The van der Waals surface area contributed by atoms with Crippen molar-refractivity contribution in [2.45, 2.75) is 5.16 Å². The molecule has 4 rings (SSSR count). The molecule has 0 aromatic carbocycles. The minimum Gasteiger partial charge on any atom is -0.461 e. The maximum Gasteiger partial charge on any atom is 0.221 e. The summed E-state index contributed by atoms with van der Waals surface area (Å²) in [6, 6.07) is 7.52. The molecule has 0 aliphatic carbocycles. The Balaban J connectivity index is 1.81. The van der Waals surface area contributed by atoms with Crippen LogP contribution in [-0.2, 0) is 0 Å². The average Bonchev–Trinajstić information content (AvgIpc) is 3.17. The second-order valence-electron chi connectivity index (χ2n) is 4.03. The number of thiophene rings is 1. The Labute approximate surface area is 127 Å². The van der Waals surface area contributed by atoms with Crippen LogP contribution in [0.2, 0.25) is 4.34 Å². The molecule has 0 atom stereocenters. The fraction of sp³-hybridized carbons (Fsp3) is 0.0833. The molecule has 20 heavy (non-hydrogen) atoms. The number of hydrogen-bond donors (Lipinski definition) is 0. The molecule has 0 bridgehead atoms. The predicted octanol–water partition coefficient (Wildman–Crippen LogP) is 3.61. The lowest BCUT2D eigenvalue weighted by atomic mass is 10.3. The number of hydrogen-bond acceptors (Lipinski definition) is 6. The summed E-state index contributed by atoms with van der Waals surface area (Å²) in [5, 5.41) is 13.7. The van der Waals surface area contributed by atoms with Crippen molar-refractivity contribution in [1.82, 2.24) is 14.9 Å². The topological polar surface area (TPSA) is 56.2 Å². The zero-order valence-corrected chi connectivity index (χ0v) is 12.4. The van der Waals surface area contributed by atoms with E-state index in [0.717, 1.165) is 25.8 Å². The fourth-order valence-electron chi connectivity index (χ4n) is 1.88. The maximum atomic E-state index is 5.98. The zero-order valence-electron chi connectivity index (χ0n) is 9.99. The van der Waals surface area contributed by atoms with Crippen LogP contribution in [0.4, 0.5) is 0 Å². The van der Waals surface area contributed by atoms with Crippen molar-refractivity contribution in [3.63, 3.8) is 0 Å². The molecule has 0 fully saturated rings. The van der Waals surface area contributed by atoms with Gasteiger partial charge in [-0.2, -0.15) is 9.78 Å². The third kappa shape index (κ3) is 1.98. The van der Waals surface area contributed by atoms with Gasteiger partial charge >= 0.3 is 0 Å². The van der Waals surface area contributed by atoms with Crippen molar-refractivity contribution in [1.29, 1.82) is 0 Å². The highest BCUT2D eigenvalue weighted by molar-refractivity contribution is 7.99. The van der Waals surface area contributed by atoms with Crippen LogP contribution in [0.25, 0.3) is 11.6 Å². The summed E-state index contributed by atoms with van der Waals surface area (Å²) in [6.07, 6.45) is 1.61. The highest BCUT2D eigenvalue weighted by atomic mass is 35.5. The summed E-state index contributed by atoms with van der Waals surface area (Å²) < 4.78 is 7.84. The number of furan rings is 1. The highest BCUT2D eigenvalue weighted by Crippen LogP contribution is 2.31. The number of thioether (sulfide) groups is 1. The van der Waals surface area contributed by atoms with Gasteiger partial charge in [0.05, 0.1) is 21.2 Å². The van der Waals surface area contributed by atoms with Gasteiger partial charge in [0.2, 0.25) is 11.0 Å². The van der Waals surface area contributed by atoms with E-state index in [-0.39, 0.29) is 0 Å². The van der Waals surface area contributed by atoms with E-state index in [0.29, 0.717) is 11.6 Å². The molecule has 5 nitrogen and oxygen atoms in total. The van der Waals surface area contributed by atoms with Crippen molar-refractivity contribution in [3.8, 4) is 11.6 Å². The van der Waals surface area contributed by atoms with E-state index in [1.165, 1.54) is 11.3 Å². The summed E-state index contributed by atoms with van der Waals surface area (Å²) in [7, 11) is 0. The Bertz CT molecular complexity index is 790. The van der Waals surface area contributed by atoms with Gasteiger partial charge in [-0.25, -0.2) is 0 Å². The van der Waals surface area contributed by atoms with Crippen molar-refractivity contribution in [3.05, 3.63) is 39.7 Å². The van der Waals surface area contributed by atoms with E-state index < -0.39 is 0 Å². The molecular formula is C12H7ClN4OS2. The van der Waals surface area contributed by atoms with Crippen LogP contribution in [0.3, 0.4) is 0 Å². The molecule has 3 aromatic rings. The smallest absolute Gasteiger partial charge is 0.221 e. The van der Waals surface area contributed by atoms with Crippen molar-refractivity contribution in [2.75, 3.05) is 5.75 Å². The predicted molar refractivity (Wildman–Crippen MR) is 79.7 cm³/mol. The van der Waals surface area contributed by atoms with Crippen LogP contribution in [0.5, 0.6) is 0 Å². The Hall–Kier alpha value is -1.57. The first-order chi connectivity index (χ1) is 9.81. The van der Waals surface area contributed by atoms with Gasteiger partial charge < -0.3 is 4.42 Å². The Morgan fingerprint density at radius 3 is 2.95 bits per heavy atom. The van der Waals surface area contributed by atoms with Crippen LogP contribution >= 0.6 is 34.7 Å². The first-order valence-electron chi connectivity index (χ1n) is 5.77. The van der Waals surface area contributed by atoms with E-state index in [1.807, 2.05) is 24.3 Å². The Morgan fingerprint density at radius 1 is 1.25 bits per heavy atom. The molecule has 0 saturated heterocycles. The number of rotatable bonds is 2. The molecule has 100 valence electrons. The second-order valence-corrected chi connectivity index (χ2v) is 6.69. The SMILES string of the molecule is Clc1ccc(C2=Nn3c(nnc3-c3ccco3)SC2)s1. The largest absolute Gasteiger partial charge is 0.461 e. The summed E-state index contributed by atoms with van der Waals surface area (Å²) in [5.74, 6) is 2.02. The van der Waals surface area contributed by atoms with Gasteiger partial charge in [0, 0.05) is 5.75 Å². The molecule has 8 heteroatoms. The van der Waals surface area contributed by atoms with Crippen LogP contribution in [-0.4, -0.2) is 26.3 Å². The molecule has 0 saturated carbocycles. The molecule has 1 aliphatic rings. The van der Waals surface area contributed by atoms with Crippen LogP contribution in [0, 0.1) is 0 Å². The first-order valence-corrected chi connectivity index (χ1v) is 7.95. The molecule has 0 spiro atoms. The van der Waals surface area contributed by atoms with Gasteiger partial charge in [0.15, 0.2) is 5.76 Å². The van der Waals surface area contributed by atoms with E-state index in [2.05, 4.69) is 15.3 Å². The quantitative estimate of drug-likeness (QED) is 0.723. The highest BCUT2D eigenvalue weighted by Gasteiger charge is 2.22. The third-order valence-corrected chi connectivity index (χ3v) is 4.98. The maximum absolute atomic E-state index is 5.98. The van der Waals surface area contributed by atoms with Gasteiger partial charge in [-0.1, -0.05) is 23.4 Å². The lowest BCUT2D eigenvalue weighted by Gasteiger charge is -2.11. The lowest BCUT2D eigenvalue weighted by molar-refractivity contribution is 0.571. The van der Waals surface area contributed by atoms with Gasteiger partial charge in [-0.05, 0) is 24.3 Å². The molecule has 0 N–H and O–H groups in total. The third-order valence-electron chi connectivity index (χ3n) is 2.77. The summed E-state index contributed by atoms with van der Waals surface area (Å²) in [4.78, 5) is 1.06. The van der Waals surface area contributed by atoms with Crippen LogP contribution in [0.1, 0.15) is 4.88 Å². The lowest BCUT2D eigenvalue weighted by Crippen LogP contribution is -2.12. The van der Waals surface area contributed by atoms with E-state index in [1.54, 1.807) is 22.7 Å². The van der Waals surface area contributed by atoms with Gasteiger partial charge in [0.25, 0.3) is 0 Å². The van der Waals surface area contributed by atoms with E-state index in [4.69, 9.17) is 16.0 Å². The minimum atomic E-state index is 0.609. The molecular weight excluding hydrogens is 316 g/mol. The Morgan fingerprint density at radius 2 is 2.20 bits per heavy atom.